The minimum Gasteiger partial charge on any atom is -0.317 e. The van der Waals surface area contributed by atoms with Gasteiger partial charge in [0.05, 0.1) is 0 Å². The Kier molecular flexibility index (Phi) is 4.82. The Bertz CT molecular complexity index is 344. The Balaban J connectivity index is 1.93. The summed E-state index contributed by atoms with van der Waals surface area (Å²) in [6.07, 6.45) is 6.54. The smallest absolute Gasteiger partial charge is 0.00644 e. The van der Waals surface area contributed by atoms with Gasteiger partial charge in [-0.05, 0) is 62.1 Å². The van der Waals surface area contributed by atoms with E-state index in [2.05, 4.69) is 50.5 Å². The van der Waals surface area contributed by atoms with E-state index in [1.165, 1.54) is 37.7 Å². The van der Waals surface area contributed by atoms with Crippen LogP contribution in [0.2, 0.25) is 0 Å². The van der Waals surface area contributed by atoms with E-state index >= 15 is 0 Å². The summed E-state index contributed by atoms with van der Waals surface area (Å²) >= 11 is 0. The van der Waals surface area contributed by atoms with Crippen LogP contribution in [0.1, 0.15) is 56.6 Å². The molecule has 1 heteroatoms. The first-order valence-electron chi connectivity index (χ1n) is 7.45. The molecule has 1 N–H and O–H groups in total. The second kappa shape index (κ2) is 6.38. The standard InChI is InChI=1S/C17H27N/c1-13(2)12-14-4-6-15(7-5-14)16-8-10-17(18-3)11-9-16/h4-7,13,16-18H,8-12H2,1-3H3. The molecule has 0 aliphatic heterocycles. The number of benzene rings is 1. The molecule has 1 aliphatic rings. The zero-order valence-corrected chi connectivity index (χ0v) is 12.1. The summed E-state index contributed by atoms with van der Waals surface area (Å²) in [4.78, 5) is 0. The highest BCUT2D eigenvalue weighted by Crippen LogP contribution is 2.32. The molecule has 0 amide bonds. The van der Waals surface area contributed by atoms with Gasteiger partial charge >= 0.3 is 0 Å². The van der Waals surface area contributed by atoms with Crippen molar-refractivity contribution < 1.29 is 0 Å². The summed E-state index contributed by atoms with van der Waals surface area (Å²) in [6, 6.07) is 10.1. The van der Waals surface area contributed by atoms with Gasteiger partial charge in [0.15, 0.2) is 0 Å². The van der Waals surface area contributed by atoms with Crippen LogP contribution in [-0.4, -0.2) is 13.1 Å². The van der Waals surface area contributed by atoms with Crippen molar-refractivity contribution in [3.05, 3.63) is 35.4 Å². The molecule has 0 unspecified atom stereocenters. The van der Waals surface area contributed by atoms with E-state index in [0.29, 0.717) is 0 Å². The highest BCUT2D eigenvalue weighted by molar-refractivity contribution is 5.26. The Morgan fingerprint density at radius 2 is 1.67 bits per heavy atom. The van der Waals surface area contributed by atoms with Gasteiger partial charge in [-0.25, -0.2) is 0 Å². The Labute approximate surface area is 112 Å². The second-order valence-electron chi connectivity index (χ2n) is 6.18. The molecule has 0 atom stereocenters. The number of nitrogens with one attached hydrogen (secondary N) is 1. The van der Waals surface area contributed by atoms with E-state index in [1.54, 1.807) is 5.56 Å². The lowest BCUT2D eigenvalue weighted by atomic mass is 9.81. The fraction of sp³-hybridized carbons (Fsp3) is 0.647. The van der Waals surface area contributed by atoms with Crippen molar-refractivity contribution in [2.75, 3.05) is 7.05 Å². The zero-order valence-electron chi connectivity index (χ0n) is 12.1. The number of rotatable bonds is 4. The predicted octanol–water partition coefficient (Wildman–Crippen LogP) is 4.13. The van der Waals surface area contributed by atoms with Crippen LogP contribution < -0.4 is 5.32 Å². The first-order valence-corrected chi connectivity index (χ1v) is 7.45. The molecule has 0 bridgehead atoms. The molecule has 1 saturated carbocycles. The van der Waals surface area contributed by atoms with Gasteiger partial charge in [-0.15, -0.1) is 0 Å². The quantitative estimate of drug-likeness (QED) is 0.841. The molecule has 1 aromatic rings. The monoisotopic (exact) mass is 245 g/mol. The number of hydrogen-bond donors (Lipinski definition) is 1. The van der Waals surface area contributed by atoms with Gasteiger partial charge in [-0.2, -0.15) is 0 Å². The van der Waals surface area contributed by atoms with E-state index in [1.807, 2.05) is 0 Å². The van der Waals surface area contributed by atoms with Gasteiger partial charge in [0, 0.05) is 6.04 Å². The minimum atomic E-state index is 0.751. The SMILES string of the molecule is CNC1CCC(c2ccc(CC(C)C)cc2)CC1. The summed E-state index contributed by atoms with van der Waals surface area (Å²) in [6.45, 7) is 4.57. The van der Waals surface area contributed by atoms with Gasteiger partial charge in [-0.1, -0.05) is 38.1 Å². The minimum absolute atomic E-state index is 0.751. The highest BCUT2D eigenvalue weighted by atomic mass is 14.9. The van der Waals surface area contributed by atoms with E-state index in [-0.39, 0.29) is 0 Å². The third-order valence-electron chi connectivity index (χ3n) is 4.23. The maximum absolute atomic E-state index is 3.41. The van der Waals surface area contributed by atoms with Crippen molar-refractivity contribution in [2.24, 2.45) is 5.92 Å². The van der Waals surface area contributed by atoms with Crippen LogP contribution in [0, 0.1) is 5.92 Å². The Hall–Kier alpha value is -0.820. The maximum atomic E-state index is 3.41. The van der Waals surface area contributed by atoms with Crippen LogP contribution in [0.4, 0.5) is 0 Å². The average molecular weight is 245 g/mol. The second-order valence-corrected chi connectivity index (χ2v) is 6.18. The predicted molar refractivity (Wildman–Crippen MR) is 79.0 cm³/mol. The first kappa shape index (κ1) is 13.6. The molecule has 18 heavy (non-hydrogen) atoms. The molecule has 0 heterocycles. The normalized spacial score (nSPS) is 24.4. The van der Waals surface area contributed by atoms with Crippen molar-refractivity contribution in [1.29, 1.82) is 0 Å². The van der Waals surface area contributed by atoms with Crippen LogP contribution in [0.3, 0.4) is 0 Å². The lowest BCUT2D eigenvalue weighted by Crippen LogP contribution is -2.29. The maximum Gasteiger partial charge on any atom is 0.00644 e. The van der Waals surface area contributed by atoms with E-state index in [4.69, 9.17) is 0 Å². The molecule has 0 aromatic heterocycles. The van der Waals surface area contributed by atoms with Gasteiger partial charge < -0.3 is 5.32 Å². The summed E-state index contributed by atoms with van der Waals surface area (Å²) in [5, 5.41) is 3.41. The van der Waals surface area contributed by atoms with Crippen molar-refractivity contribution in [2.45, 2.75) is 57.9 Å². The molecular weight excluding hydrogens is 218 g/mol. The van der Waals surface area contributed by atoms with Gasteiger partial charge in [0.1, 0.15) is 0 Å². The van der Waals surface area contributed by atoms with E-state index in [0.717, 1.165) is 17.9 Å². The molecule has 100 valence electrons. The van der Waals surface area contributed by atoms with Gasteiger partial charge in [0.2, 0.25) is 0 Å². The molecule has 0 saturated heterocycles. The lowest BCUT2D eigenvalue weighted by molar-refractivity contribution is 0.358. The molecule has 2 rings (SSSR count). The molecule has 1 aliphatic carbocycles. The van der Waals surface area contributed by atoms with Crippen molar-refractivity contribution in [1.82, 2.24) is 5.32 Å². The highest BCUT2D eigenvalue weighted by Gasteiger charge is 2.20. The number of hydrogen-bond acceptors (Lipinski definition) is 1. The van der Waals surface area contributed by atoms with Gasteiger partial charge in [-0.3, -0.25) is 0 Å². The Morgan fingerprint density at radius 1 is 1.06 bits per heavy atom. The molecule has 1 nitrogen and oxygen atoms in total. The Morgan fingerprint density at radius 3 is 2.17 bits per heavy atom. The third-order valence-corrected chi connectivity index (χ3v) is 4.23. The molecule has 0 radical (unpaired) electrons. The van der Waals surface area contributed by atoms with E-state index < -0.39 is 0 Å². The van der Waals surface area contributed by atoms with Crippen LogP contribution in [0.15, 0.2) is 24.3 Å². The van der Waals surface area contributed by atoms with Crippen molar-refractivity contribution >= 4 is 0 Å². The summed E-state index contributed by atoms with van der Waals surface area (Å²) in [7, 11) is 2.09. The first-order chi connectivity index (χ1) is 8.69. The van der Waals surface area contributed by atoms with Crippen LogP contribution in [0.5, 0.6) is 0 Å². The molecule has 0 spiro atoms. The molecule has 1 fully saturated rings. The van der Waals surface area contributed by atoms with Crippen LogP contribution in [0.25, 0.3) is 0 Å². The summed E-state index contributed by atoms with van der Waals surface area (Å²) in [5.41, 5.74) is 3.04. The lowest BCUT2D eigenvalue weighted by Gasteiger charge is -2.28. The fourth-order valence-electron chi connectivity index (χ4n) is 3.11. The van der Waals surface area contributed by atoms with Crippen molar-refractivity contribution in [3.8, 4) is 0 Å². The zero-order chi connectivity index (χ0) is 13.0. The fourth-order valence-corrected chi connectivity index (χ4v) is 3.11. The van der Waals surface area contributed by atoms with Crippen LogP contribution >= 0.6 is 0 Å². The molecular formula is C17H27N. The van der Waals surface area contributed by atoms with Crippen molar-refractivity contribution in [3.63, 3.8) is 0 Å². The summed E-state index contributed by atoms with van der Waals surface area (Å²) in [5.74, 6) is 1.55. The summed E-state index contributed by atoms with van der Waals surface area (Å²) < 4.78 is 0. The largest absolute Gasteiger partial charge is 0.317 e. The van der Waals surface area contributed by atoms with E-state index in [9.17, 15) is 0 Å². The third kappa shape index (κ3) is 3.58. The molecule has 1 aromatic carbocycles. The average Bonchev–Trinajstić information content (AvgIpc) is 2.39. The van der Waals surface area contributed by atoms with Crippen LogP contribution in [-0.2, 0) is 6.42 Å². The van der Waals surface area contributed by atoms with Gasteiger partial charge in [0.25, 0.3) is 0 Å². The topological polar surface area (TPSA) is 12.0 Å².